The van der Waals surface area contributed by atoms with Crippen LogP contribution in [0.5, 0.6) is 0 Å². The van der Waals surface area contributed by atoms with Crippen molar-refractivity contribution in [2.75, 3.05) is 19.8 Å². The van der Waals surface area contributed by atoms with Crippen molar-refractivity contribution in [2.24, 2.45) is 0 Å². The zero-order chi connectivity index (χ0) is 10.4. The van der Waals surface area contributed by atoms with E-state index in [2.05, 4.69) is 18.7 Å². The molecule has 3 rings (SSSR count). The van der Waals surface area contributed by atoms with Crippen molar-refractivity contribution in [1.82, 2.24) is 4.90 Å². The monoisotopic (exact) mass is 213 g/mol. The highest BCUT2D eigenvalue weighted by Crippen LogP contribution is 2.35. The normalized spacial score (nSPS) is 51.2. The predicted octanol–water partition coefficient (Wildman–Crippen LogP) is 0.609. The summed E-state index contributed by atoms with van der Waals surface area (Å²) in [7, 11) is 0. The van der Waals surface area contributed by atoms with Gasteiger partial charge in [-0.3, -0.25) is 4.90 Å². The lowest BCUT2D eigenvalue weighted by Gasteiger charge is -2.37. The first-order valence-electron chi connectivity index (χ1n) is 5.92. The van der Waals surface area contributed by atoms with E-state index in [4.69, 9.17) is 14.2 Å². The van der Waals surface area contributed by atoms with Crippen LogP contribution in [0.3, 0.4) is 0 Å². The molecule has 0 spiro atoms. The second kappa shape index (κ2) is 3.70. The first kappa shape index (κ1) is 10.0. The van der Waals surface area contributed by atoms with Gasteiger partial charge in [-0.2, -0.15) is 0 Å². The fourth-order valence-electron chi connectivity index (χ4n) is 3.03. The first-order valence-corrected chi connectivity index (χ1v) is 5.92. The van der Waals surface area contributed by atoms with Crippen LogP contribution < -0.4 is 0 Å². The third-order valence-corrected chi connectivity index (χ3v) is 3.82. The minimum Gasteiger partial charge on any atom is -0.376 e. The maximum atomic E-state index is 6.07. The molecule has 4 nitrogen and oxygen atoms in total. The zero-order valence-corrected chi connectivity index (χ0v) is 9.39. The second-order valence-electron chi connectivity index (χ2n) is 4.74. The molecule has 3 aliphatic rings. The minimum absolute atomic E-state index is 0.151. The van der Waals surface area contributed by atoms with Gasteiger partial charge in [0.1, 0.15) is 12.3 Å². The van der Waals surface area contributed by atoms with Gasteiger partial charge in [0.25, 0.3) is 0 Å². The molecule has 86 valence electrons. The molecule has 4 heteroatoms. The van der Waals surface area contributed by atoms with Crippen LogP contribution in [0.25, 0.3) is 0 Å². The van der Waals surface area contributed by atoms with Crippen molar-refractivity contribution in [3.8, 4) is 0 Å². The molecule has 5 atom stereocenters. The lowest BCUT2D eigenvalue weighted by Crippen LogP contribution is -2.52. The molecule has 3 heterocycles. The smallest absolute Gasteiger partial charge is 0.137 e. The molecule has 3 fully saturated rings. The minimum atomic E-state index is 0.151. The van der Waals surface area contributed by atoms with E-state index in [9.17, 15) is 0 Å². The topological polar surface area (TPSA) is 30.9 Å². The van der Waals surface area contributed by atoms with Crippen molar-refractivity contribution in [3.05, 3.63) is 0 Å². The van der Waals surface area contributed by atoms with Crippen molar-refractivity contribution in [3.63, 3.8) is 0 Å². The summed E-state index contributed by atoms with van der Waals surface area (Å²) in [6.07, 6.45) is 1.90. The molecule has 0 N–H and O–H groups in total. The molecule has 0 aliphatic carbocycles. The van der Waals surface area contributed by atoms with Crippen LogP contribution in [-0.2, 0) is 14.2 Å². The SMILES string of the molecule is CC1OCCN2C3CCO[C@@H](C)C3O[C@H]12. The van der Waals surface area contributed by atoms with Crippen molar-refractivity contribution < 1.29 is 14.2 Å². The number of rotatable bonds is 0. The van der Waals surface area contributed by atoms with Crippen LogP contribution in [0.1, 0.15) is 20.3 Å². The van der Waals surface area contributed by atoms with E-state index in [0.29, 0.717) is 6.04 Å². The van der Waals surface area contributed by atoms with E-state index in [-0.39, 0.29) is 24.5 Å². The number of nitrogens with zero attached hydrogens (tertiary/aromatic N) is 1. The standard InChI is InChI=1S/C11H19NO3/c1-7-10-9(3-5-13-7)12-4-6-14-8(2)11(12)15-10/h7-11H,3-6H2,1-2H3/t7-,8?,9?,10?,11+/m0/s1. The Balaban J connectivity index is 1.81. The van der Waals surface area contributed by atoms with Gasteiger partial charge < -0.3 is 14.2 Å². The van der Waals surface area contributed by atoms with Crippen LogP contribution in [-0.4, -0.2) is 55.2 Å². The summed E-state index contributed by atoms with van der Waals surface area (Å²) in [4.78, 5) is 2.47. The van der Waals surface area contributed by atoms with E-state index in [1.807, 2.05) is 0 Å². The number of ether oxygens (including phenoxy) is 3. The van der Waals surface area contributed by atoms with Gasteiger partial charge in [-0.15, -0.1) is 0 Å². The van der Waals surface area contributed by atoms with Gasteiger partial charge in [-0.05, 0) is 20.3 Å². The Kier molecular flexibility index (Phi) is 2.47. The largest absolute Gasteiger partial charge is 0.376 e. The van der Waals surface area contributed by atoms with Gasteiger partial charge >= 0.3 is 0 Å². The molecule has 3 aliphatic heterocycles. The summed E-state index contributed by atoms with van der Waals surface area (Å²) in [5.41, 5.74) is 0. The quantitative estimate of drug-likeness (QED) is 0.590. The molecule has 0 aromatic heterocycles. The molecular weight excluding hydrogens is 194 g/mol. The van der Waals surface area contributed by atoms with Gasteiger partial charge in [-0.25, -0.2) is 0 Å². The van der Waals surface area contributed by atoms with E-state index in [1.54, 1.807) is 0 Å². The molecule has 0 aromatic carbocycles. The summed E-state index contributed by atoms with van der Waals surface area (Å²) in [6, 6.07) is 0.546. The van der Waals surface area contributed by atoms with E-state index in [1.165, 1.54) is 0 Å². The molecule has 0 amide bonds. The van der Waals surface area contributed by atoms with Crippen LogP contribution in [0.2, 0.25) is 0 Å². The Morgan fingerprint density at radius 2 is 1.87 bits per heavy atom. The number of hydrogen-bond acceptors (Lipinski definition) is 4. The molecule has 15 heavy (non-hydrogen) atoms. The Bertz CT molecular complexity index is 224. The van der Waals surface area contributed by atoms with Gasteiger partial charge in [0.15, 0.2) is 0 Å². The third kappa shape index (κ3) is 1.51. The first-order chi connectivity index (χ1) is 7.27. The van der Waals surface area contributed by atoms with E-state index in [0.717, 1.165) is 26.2 Å². The van der Waals surface area contributed by atoms with Crippen LogP contribution in [0, 0.1) is 0 Å². The average Bonchev–Trinajstić information content (AvgIpc) is 2.60. The van der Waals surface area contributed by atoms with Gasteiger partial charge in [-0.1, -0.05) is 0 Å². The van der Waals surface area contributed by atoms with Gasteiger partial charge in [0.05, 0.1) is 18.8 Å². The van der Waals surface area contributed by atoms with Crippen LogP contribution in [0.15, 0.2) is 0 Å². The average molecular weight is 213 g/mol. The van der Waals surface area contributed by atoms with Crippen LogP contribution in [0.4, 0.5) is 0 Å². The highest BCUT2D eigenvalue weighted by Gasteiger charge is 2.49. The highest BCUT2D eigenvalue weighted by atomic mass is 16.6. The third-order valence-electron chi connectivity index (χ3n) is 3.82. The highest BCUT2D eigenvalue weighted by molar-refractivity contribution is 4.97. The summed E-state index contributed by atoms with van der Waals surface area (Å²) >= 11 is 0. The molecule has 0 aromatic rings. The Labute approximate surface area is 90.5 Å². The lowest BCUT2D eigenvalue weighted by atomic mass is 10.00. The molecular formula is C11H19NO3. The summed E-state index contributed by atoms with van der Waals surface area (Å²) in [5, 5.41) is 0. The summed E-state index contributed by atoms with van der Waals surface area (Å²) in [5.74, 6) is 0. The predicted molar refractivity (Wildman–Crippen MR) is 54.6 cm³/mol. The molecule has 3 unspecified atom stereocenters. The summed E-state index contributed by atoms with van der Waals surface area (Å²) < 4.78 is 17.3. The van der Waals surface area contributed by atoms with Crippen LogP contribution >= 0.6 is 0 Å². The van der Waals surface area contributed by atoms with Gasteiger partial charge in [0.2, 0.25) is 0 Å². The van der Waals surface area contributed by atoms with E-state index < -0.39 is 0 Å². The Morgan fingerprint density at radius 3 is 2.73 bits per heavy atom. The maximum Gasteiger partial charge on any atom is 0.137 e. The van der Waals surface area contributed by atoms with Gasteiger partial charge in [0, 0.05) is 19.2 Å². The molecule has 3 saturated heterocycles. The molecule has 0 bridgehead atoms. The number of morpholine rings is 1. The molecule has 0 saturated carbocycles. The van der Waals surface area contributed by atoms with Crippen molar-refractivity contribution in [1.29, 1.82) is 0 Å². The molecule has 0 radical (unpaired) electrons. The van der Waals surface area contributed by atoms with Crippen molar-refractivity contribution >= 4 is 0 Å². The maximum absolute atomic E-state index is 6.07. The number of fused-ring (bicyclic) bond motifs is 3. The fraction of sp³-hybridized carbons (Fsp3) is 1.00. The Hall–Kier alpha value is -0.160. The second-order valence-corrected chi connectivity index (χ2v) is 4.74. The number of hydrogen-bond donors (Lipinski definition) is 0. The summed E-state index contributed by atoms with van der Waals surface area (Å²) in [6.45, 7) is 6.91. The van der Waals surface area contributed by atoms with E-state index >= 15 is 0 Å². The fourth-order valence-corrected chi connectivity index (χ4v) is 3.03. The Morgan fingerprint density at radius 1 is 1.07 bits per heavy atom. The lowest BCUT2D eigenvalue weighted by molar-refractivity contribution is -0.148. The zero-order valence-electron chi connectivity index (χ0n) is 9.39. The van der Waals surface area contributed by atoms with Crippen molar-refractivity contribution in [2.45, 2.75) is 50.8 Å².